The van der Waals surface area contributed by atoms with Crippen LogP contribution in [0.2, 0.25) is 0 Å². The number of nitrogens with one attached hydrogen (secondary N) is 2. The summed E-state index contributed by atoms with van der Waals surface area (Å²) in [6, 6.07) is 16.7. The summed E-state index contributed by atoms with van der Waals surface area (Å²) >= 11 is 0. The summed E-state index contributed by atoms with van der Waals surface area (Å²) in [4.78, 5) is 29.4. The van der Waals surface area contributed by atoms with Crippen molar-refractivity contribution < 1.29 is 9.90 Å². The maximum absolute atomic E-state index is 12.1. The van der Waals surface area contributed by atoms with Crippen molar-refractivity contribution >= 4 is 27.8 Å². The van der Waals surface area contributed by atoms with Crippen LogP contribution in [0.4, 0.5) is 0 Å². The van der Waals surface area contributed by atoms with Gasteiger partial charge in [0.25, 0.3) is 5.56 Å². The minimum absolute atomic E-state index is 0.0803. The van der Waals surface area contributed by atoms with Gasteiger partial charge in [0.1, 0.15) is 5.52 Å². The molecule has 4 rings (SSSR count). The van der Waals surface area contributed by atoms with Crippen molar-refractivity contribution in [2.45, 2.75) is 19.9 Å². The van der Waals surface area contributed by atoms with E-state index in [1.165, 1.54) is 18.1 Å². The van der Waals surface area contributed by atoms with Gasteiger partial charge < -0.3 is 24.8 Å². The SMILES string of the molecule is CCC(=O)[O-].CN(C)Cc1cccc(-c2ccc3[nH]c(=O)c4[nH]ccc4c3c2)c1. The van der Waals surface area contributed by atoms with Crippen LogP contribution in [0.1, 0.15) is 18.9 Å². The van der Waals surface area contributed by atoms with Crippen LogP contribution in [0.15, 0.2) is 59.5 Å². The van der Waals surface area contributed by atoms with E-state index >= 15 is 0 Å². The second-order valence-electron chi connectivity index (χ2n) is 7.14. The molecule has 0 aliphatic rings. The number of nitrogens with zero attached hydrogens (tertiary/aromatic N) is 1. The zero-order valence-electron chi connectivity index (χ0n) is 16.8. The zero-order valence-corrected chi connectivity index (χ0v) is 16.8. The van der Waals surface area contributed by atoms with Crippen LogP contribution >= 0.6 is 0 Å². The second-order valence-corrected chi connectivity index (χ2v) is 7.14. The summed E-state index contributed by atoms with van der Waals surface area (Å²) in [5, 5.41) is 11.3. The zero-order chi connectivity index (χ0) is 21.0. The number of rotatable bonds is 4. The van der Waals surface area contributed by atoms with E-state index in [0.717, 1.165) is 28.4 Å². The highest BCUT2D eigenvalue weighted by molar-refractivity contribution is 6.05. The Kier molecular flexibility index (Phi) is 6.14. The van der Waals surface area contributed by atoms with Crippen molar-refractivity contribution in [3.63, 3.8) is 0 Å². The van der Waals surface area contributed by atoms with E-state index in [1.54, 1.807) is 0 Å². The predicted molar refractivity (Wildman–Crippen MR) is 115 cm³/mol. The molecule has 2 aromatic heterocycles. The third-order valence-electron chi connectivity index (χ3n) is 4.58. The molecular formula is C23H24N3O3-. The molecule has 0 aliphatic carbocycles. The summed E-state index contributed by atoms with van der Waals surface area (Å²) in [7, 11) is 4.14. The van der Waals surface area contributed by atoms with Gasteiger partial charge in [0.15, 0.2) is 0 Å². The Balaban J connectivity index is 0.000000431. The topological polar surface area (TPSA) is 92.0 Å². The summed E-state index contributed by atoms with van der Waals surface area (Å²) in [5.41, 5.74) is 5.03. The molecule has 0 unspecified atom stereocenters. The molecule has 29 heavy (non-hydrogen) atoms. The number of carbonyl (C=O) groups is 1. The lowest BCUT2D eigenvalue weighted by atomic mass is 10.00. The number of carbonyl (C=O) groups excluding carboxylic acids is 1. The van der Waals surface area contributed by atoms with E-state index in [1.807, 2.05) is 18.3 Å². The molecule has 0 fully saturated rings. The lowest BCUT2D eigenvalue weighted by Crippen LogP contribution is -2.19. The number of carboxylic acid groups (broad SMARTS) is 1. The molecule has 2 heterocycles. The first kappa shape index (κ1) is 20.4. The number of H-pyrrole nitrogens is 2. The maximum Gasteiger partial charge on any atom is 0.272 e. The van der Waals surface area contributed by atoms with Crippen LogP contribution < -0.4 is 10.7 Å². The van der Waals surface area contributed by atoms with Gasteiger partial charge >= 0.3 is 0 Å². The monoisotopic (exact) mass is 390 g/mol. The average molecular weight is 390 g/mol. The van der Waals surface area contributed by atoms with Gasteiger partial charge in [-0.2, -0.15) is 0 Å². The van der Waals surface area contributed by atoms with Gasteiger partial charge in [0, 0.05) is 35.0 Å². The van der Waals surface area contributed by atoms with E-state index in [0.29, 0.717) is 5.52 Å². The van der Waals surface area contributed by atoms with Crippen LogP contribution in [0, 0.1) is 0 Å². The summed E-state index contributed by atoms with van der Waals surface area (Å²) in [6.45, 7) is 2.45. The van der Waals surface area contributed by atoms with Crippen molar-refractivity contribution in [1.29, 1.82) is 0 Å². The minimum atomic E-state index is -0.995. The summed E-state index contributed by atoms with van der Waals surface area (Å²) in [5.74, 6) is -0.995. The molecule has 0 radical (unpaired) electrons. The van der Waals surface area contributed by atoms with Gasteiger partial charge in [-0.1, -0.05) is 31.2 Å². The Hall–Kier alpha value is -3.38. The first-order valence-corrected chi connectivity index (χ1v) is 9.46. The number of fused-ring (bicyclic) bond motifs is 3. The molecule has 0 bridgehead atoms. The van der Waals surface area contributed by atoms with Crippen LogP contribution in [0.25, 0.3) is 32.9 Å². The van der Waals surface area contributed by atoms with E-state index in [-0.39, 0.29) is 12.0 Å². The fourth-order valence-electron chi connectivity index (χ4n) is 3.24. The van der Waals surface area contributed by atoms with Gasteiger partial charge in [-0.05, 0) is 61.5 Å². The molecule has 4 aromatic rings. The number of aromatic amines is 2. The average Bonchev–Trinajstić information content (AvgIpc) is 3.19. The molecule has 2 N–H and O–H groups in total. The third-order valence-corrected chi connectivity index (χ3v) is 4.58. The van der Waals surface area contributed by atoms with Gasteiger partial charge in [-0.25, -0.2) is 0 Å². The lowest BCUT2D eigenvalue weighted by molar-refractivity contribution is -0.305. The van der Waals surface area contributed by atoms with Gasteiger partial charge in [-0.15, -0.1) is 0 Å². The summed E-state index contributed by atoms with van der Waals surface area (Å²) in [6.07, 6.45) is 1.92. The fraction of sp³-hybridized carbons (Fsp3) is 0.217. The molecule has 0 saturated carbocycles. The van der Waals surface area contributed by atoms with Crippen molar-refractivity contribution in [3.8, 4) is 11.1 Å². The standard InChI is InChI=1S/C20H19N3O.C3H6O2/c1-23(2)12-13-4-3-5-14(10-13)15-6-7-18-17(11-15)16-8-9-21-19(16)20(24)22-18;1-2-3(4)5/h3-11,21H,12H2,1-2H3,(H,22,24);2H2,1H3,(H,4,5)/p-1. The normalized spacial score (nSPS) is 10.9. The Morgan fingerprint density at radius 3 is 2.45 bits per heavy atom. The Morgan fingerprint density at radius 1 is 1.03 bits per heavy atom. The lowest BCUT2D eigenvalue weighted by Gasteiger charge is -2.11. The molecule has 150 valence electrons. The number of aromatic nitrogens is 2. The number of benzene rings is 2. The number of hydrogen-bond acceptors (Lipinski definition) is 4. The molecule has 0 saturated heterocycles. The van der Waals surface area contributed by atoms with Gasteiger partial charge in [0.05, 0.1) is 0 Å². The maximum atomic E-state index is 12.1. The minimum Gasteiger partial charge on any atom is -0.550 e. The molecule has 2 aromatic carbocycles. The smallest absolute Gasteiger partial charge is 0.272 e. The molecule has 0 atom stereocenters. The Morgan fingerprint density at radius 2 is 1.76 bits per heavy atom. The number of hydrogen-bond donors (Lipinski definition) is 2. The highest BCUT2D eigenvalue weighted by Gasteiger charge is 2.08. The molecule has 6 nitrogen and oxygen atoms in total. The molecule has 0 spiro atoms. The highest BCUT2D eigenvalue weighted by atomic mass is 16.4. The number of carboxylic acids is 1. The highest BCUT2D eigenvalue weighted by Crippen LogP contribution is 2.27. The predicted octanol–water partition coefficient (Wildman–Crippen LogP) is 2.88. The first-order chi connectivity index (χ1) is 13.9. The van der Waals surface area contributed by atoms with Gasteiger partial charge in [-0.3, -0.25) is 4.79 Å². The largest absolute Gasteiger partial charge is 0.550 e. The third kappa shape index (κ3) is 4.73. The quantitative estimate of drug-likeness (QED) is 0.560. The molecule has 0 aliphatic heterocycles. The van der Waals surface area contributed by atoms with Crippen LogP contribution in [0.3, 0.4) is 0 Å². The summed E-state index contributed by atoms with van der Waals surface area (Å²) < 4.78 is 0. The van der Waals surface area contributed by atoms with Crippen LogP contribution in [-0.2, 0) is 11.3 Å². The van der Waals surface area contributed by atoms with Crippen LogP contribution in [0.5, 0.6) is 0 Å². The first-order valence-electron chi connectivity index (χ1n) is 9.46. The Bertz CT molecular complexity index is 1200. The molecule has 0 amide bonds. The number of aliphatic carboxylic acids is 1. The Labute approximate surface area is 168 Å². The van der Waals surface area contributed by atoms with E-state index < -0.39 is 5.97 Å². The van der Waals surface area contributed by atoms with Crippen LogP contribution in [-0.4, -0.2) is 34.9 Å². The van der Waals surface area contributed by atoms with E-state index in [9.17, 15) is 14.7 Å². The molecule has 6 heteroatoms. The van der Waals surface area contributed by atoms with E-state index in [4.69, 9.17) is 0 Å². The van der Waals surface area contributed by atoms with Gasteiger partial charge in [0.2, 0.25) is 0 Å². The fourth-order valence-corrected chi connectivity index (χ4v) is 3.24. The molecular weight excluding hydrogens is 366 g/mol. The van der Waals surface area contributed by atoms with Crippen molar-refractivity contribution in [2.24, 2.45) is 0 Å². The van der Waals surface area contributed by atoms with E-state index in [2.05, 4.69) is 65.4 Å². The second kappa shape index (κ2) is 8.75. The van der Waals surface area contributed by atoms with Crippen molar-refractivity contribution in [1.82, 2.24) is 14.9 Å². The van der Waals surface area contributed by atoms with Crippen molar-refractivity contribution in [3.05, 3.63) is 70.6 Å². The number of pyridine rings is 1. The van der Waals surface area contributed by atoms with Crippen molar-refractivity contribution in [2.75, 3.05) is 14.1 Å².